The van der Waals surface area contributed by atoms with Crippen LogP contribution in [0, 0.1) is 47.3 Å². The van der Waals surface area contributed by atoms with Gasteiger partial charge in [-0.1, -0.05) is 44.6 Å². The summed E-state index contributed by atoms with van der Waals surface area (Å²) in [5.74, 6) is 10.0. The van der Waals surface area contributed by atoms with Crippen LogP contribution in [0.3, 0.4) is 0 Å². The first-order chi connectivity index (χ1) is 17.1. The van der Waals surface area contributed by atoms with E-state index < -0.39 is 5.54 Å². The Morgan fingerprint density at radius 3 is 2.69 bits per heavy atom. The number of phenolic OH excluding ortho intramolecular Hbond substituents is 1. The van der Waals surface area contributed by atoms with E-state index >= 15 is 0 Å². The van der Waals surface area contributed by atoms with Crippen molar-refractivity contribution in [3.05, 3.63) is 29.3 Å². The van der Waals surface area contributed by atoms with Crippen molar-refractivity contribution in [1.29, 1.82) is 0 Å². The molecular weight excluding hydrogens is 446 g/mol. The number of hydrogen-bond donors (Lipinski definition) is 3. The van der Waals surface area contributed by atoms with Crippen molar-refractivity contribution in [1.82, 2.24) is 0 Å². The van der Waals surface area contributed by atoms with E-state index in [0.29, 0.717) is 42.3 Å². The Bertz CT molecular complexity index is 1020. The monoisotopic (exact) mass is 493 g/mol. The summed E-state index contributed by atoms with van der Waals surface area (Å²) in [6, 6.07) is 5.86. The van der Waals surface area contributed by atoms with Crippen LogP contribution in [-0.4, -0.2) is 33.6 Å². The van der Waals surface area contributed by atoms with Gasteiger partial charge in [0.05, 0.1) is 17.1 Å². The van der Waals surface area contributed by atoms with Crippen LogP contribution < -0.4 is 5.73 Å². The van der Waals surface area contributed by atoms with Crippen LogP contribution in [0.25, 0.3) is 0 Å². The molecule has 2 heterocycles. The largest absolute Gasteiger partial charge is 0.508 e. The highest BCUT2D eigenvalue weighted by Gasteiger charge is 2.68. The molecule has 3 aliphatic carbocycles. The van der Waals surface area contributed by atoms with Crippen LogP contribution >= 0.6 is 0 Å². The van der Waals surface area contributed by atoms with Gasteiger partial charge in [0, 0.05) is 24.5 Å². The molecule has 7 atom stereocenters. The molecule has 1 aromatic rings. The molecule has 1 aromatic carbocycles. The lowest BCUT2D eigenvalue weighted by Crippen LogP contribution is -2.77. The molecule has 7 unspecified atom stereocenters. The Balaban J connectivity index is 1.62. The number of hydrogen-bond acceptors (Lipinski definition) is 4. The SMILES string of the molecule is CC(C)CCC1CC2Cc3ccc(O)cc3CC#CC3C(N)(CCO)C4CCC3(OC4(C)C)C(C1)C2. The third-order valence-electron chi connectivity index (χ3n) is 10.3. The molecule has 2 saturated heterocycles. The van der Waals surface area contributed by atoms with Crippen molar-refractivity contribution in [2.24, 2.45) is 41.2 Å². The highest BCUT2D eigenvalue weighted by molar-refractivity contribution is 5.39. The second-order valence-electron chi connectivity index (χ2n) is 13.5. The van der Waals surface area contributed by atoms with Crippen LogP contribution in [0.4, 0.5) is 0 Å². The summed E-state index contributed by atoms with van der Waals surface area (Å²) in [7, 11) is 0. The molecule has 0 amide bonds. The zero-order valence-electron chi connectivity index (χ0n) is 22.9. The average molecular weight is 494 g/mol. The maximum atomic E-state index is 10.2. The van der Waals surface area contributed by atoms with Gasteiger partial charge in [0.25, 0.3) is 0 Å². The predicted molar refractivity (Wildman–Crippen MR) is 144 cm³/mol. The number of fused-ring (bicyclic) bond motifs is 5. The molecule has 6 rings (SSSR count). The molecular formula is C32H47NO3. The molecule has 198 valence electrons. The maximum Gasteiger partial charge on any atom is 0.115 e. The van der Waals surface area contributed by atoms with Gasteiger partial charge in [-0.3, -0.25) is 0 Å². The summed E-state index contributed by atoms with van der Waals surface area (Å²) in [4.78, 5) is 0. The third-order valence-corrected chi connectivity index (χ3v) is 10.3. The second kappa shape index (κ2) is 9.64. The number of ether oxygens (including phenoxy) is 1. The quantitative estimate of drug-likeness (QED) is 0.466. The van der Waals surface area contributed by atoms with Gasteiger partial charge in [0.1, 0.15) is 5.75 Å². The second-order valence-corrected chi connectivity index (χ2v) is 13.5. The Morgan fingerprint density at radius 1 is 1.17 bits per heavy atom. The first kappa shape index (κ1) is 26.1. The number of aromatic hydroxyl groups is 1. The normalized spacial score (nSPS) is 38.9. The fourth-order valence-electron chi connectivity index (χ4n) is 8.87. The standard InChI is InChI=1S/C32H47NO3/c1-21(2)8-9-22-16-23-17-25-10-11-27(35)20-24(25)6-5-7-29-31(33,14-15-34)28-12-13-32(29,26(18-22)19-23)36-30(28,3)4/h10-11,20-23,26,28-29,34-35H,6,8-9,12-19,33H2,1-4H3. The summed E-state index contributed by atoms with van der Waals surface area (Å²) in [6.07, 6.45) is 10.4. The van der Waals surface area contributed by atoms with E-state index in [2.05, 4.69) is 45.6 Å². The van der Waals surface area contributed by atoms with E-state index in [-0.39, 0.29) is 29.6 Å². The van der Waals surface area contributed by atoms with Gasteiger partial charge < -0.3 is 20.7 Å². The van der Waals surface area contributed by atoms with Gasteiger partial charge in [-0.05, 0) is 106 Å². The molecule has 4 heteroatoms. The highest BCUT2D eigenvalue weighted by atomic mass is 16.5. The minimum atomic E-state index is -0.558. The van der Waals surface area contributed by atoms with Crippen molar-refractivity contribution < 1.29 is 14.9 Å². The summed E-state index contributed by atoms with van der Waals surface area (Å²) in [6.45, 7) is 9.19. The van der Waals surface area contributed by atoms with Crippen LogP contribution in [0.2, 0.25) is 0 Å². The Kier molecular flexibility index (Phi) is 6.99. The average Bonchev–Trinajstić information content (AvgIpc) is 2.81. The Hall–Kier alpha value is -1.54. The number of nitrogens with two attached hydrogens (primary N) is 1. The van der Waals surface area contributed by atoms with Crippen molar-refractivity contribution in [2.45, 2.75) is 109 Å². The van der Waals surface area contributed by atoms with Crippen molar-refractivity contribution in [3.8, 4) is 17.6 Å². The lowest BCUT2D eigenvalue weighted by Gasteiger charge is -2.68. The van der Waals surface area contributed by atoms with Gasteiger partial charge >= 0.3 is 0 Å². The molecule has 4 N–H and O–H groups in total. The van der Waals surface area contributed by atoms with E-state index in [1.807, 2.05) is 12.1 Å². The number of aliphatic hydroxyl groups is 1. The van der Waals surface area contributed by atoms with Crippen LogP contribution in [0.5, 0.6) is 5.75 Å². The van der Waals surface area contributed by atoms with Crippen LogP contribution in [0.15, 0.2) is 18.2 Å². The van der Waals surface area contributed by atoms with E-state index in [1.54, 1.807) is 0 Å². The molecule has 5 aliphatic rings. The number of aliphatic hydroxyl groups excluding tert-OH is 1. The molecule has 36 heavy (non-hydrogen) atoms. The Labute approximate surface area is 218 Å². The zero-order valence-corrected chi connectivity index (χ0v) is 22.9. The number of benzene rings is 1. The van der Waals surface area contributed by atoms with E-state index in [9.17, 15) is 10.2 Å². The van der Waals surface area contributed by atoms with E-state index in [1.165, 1.54) is 31.2 Å². The minimum Gasteiger partial charge on any atom is -0.508 e. The Morgan fingerprint density at radius 2 is 1.97 bits per heavy atom. The smallest absolute Gasteiger partial charge is 0.115 e. The van der Waals surface area contributed by atoms with Gasteiger partial charge in [-0.15, -0.1) is 0 Å². The minimum absolute atomic E-state index is 0.0817. The molecule has 0 aromatic heterocycles. The lowest BCUT2D eigenvalue weighted by molar-refractivity contribution is -0.307. The summed E-state index contributed by atoms with van der Waals surface area (Å²) >= 11 is 0. The molecule has 0 radical (unpaired) electrons. The highest BCUT2D eigenvalue weighted by Crippen LogP contribution is 2.62. The molecule has 1 spiro atoms. The first-order valence-electron chi connectivity index (χ1n) is 14.5. The molecule has 4 nitrogen and oxygen atoms in total. The van der Waals surface area contributed by atoms with Crippen molar-refractivity contribution in [3.63, 3.8) is 0 Å². The molecule has 2 saturated carbocycles. The van der Waals surface area contributed by atoms with E-state index in [0.717, 1.165) is 31.2 Å². The van der Waals surface area contributed by atoms with Crippen LogP contribution in [-0.2, 0) is 17.6 Å². The van der Waals surface area contributed by atoms with Gasteiger partial charge in [-0.25, -0.2) is 0 Å². The van der Waals surface area contributed by atoms with Gasteiger partial charge in [-0.2, -0.15) is 0 Å². The zero-order chi connectivity index (χ0) is 25.7. The first-order valence-corrected chi connectivity index (χ1v) is 14.5. The summed E-state index contributed by atoms with van der Waals surface area (Å²) in [5, 5.41) is 20.4. The number of phenols is 1. The lowest BCUT2D eigenvalue weighted by atomic mass is 9.48. The molecule has 4 fully saturated rings. The summed E-state index contributed by atoms with van der Waals surface area (Å²) < 4.78 is 7.23. The van der Waals surface area contributed by atoms with Gasteiger partial charge in [0.2, 0.25) is 0 Å². The van der Waals surface area contributed by atoms with Crippen molar-refractivity contribution in [2.75, 3.05) is 6.61 Å². The maximum absolute atomic E-state index is 10.2. The fourth-order valence-corrected chi connectivity index (χ4v) is 8.87. The molecule has 4 bridgehead atoms. The predicted octanol–water partition coefficient (Wildman–Crippen LogP) is 5.62. The fraction of sp³-hybridized carbons (Fsp3) is 0.750. The van der Waals surface area contributed by atoms with Gasteiger partial charge in [0.15, 0.2) is 0 Å². The van der Waals surface area contributed by atoms with E-state index in [4.69, 9.17) is 10.5 Å². The molecule has 2 aliphatic heterocycles. The van der Waals surface area contributed by atoms with Crippen molar-refractivity contribution >= 4 is 0 Å². The third kappa shape index (κ3) is 4.50. The topological polar surface area (TPSA) is 75.7 Å². The number of rotatable bonds is 5. The summed E-state index contributed by atoms with van der Waals surface area (Å²) in [5.41, 5.74) is 8.60. The van der Waals surface area contributed by atoms with Crippen LogP contribution in [0.1, 0.15) is 90.2 Å².